The van der Waals surface area contributed by atoms with Crippen molar-refractivity contribution in [2.75, 3.05) is 0 Å². The molecular formula is C47H28N4S. The van der Waals surface area contributed by atoms with Gasteiger partial charge in [-0.25, -0.2) is 15.0 Å². The summed E-state index contributed by atoms with van der Waals surface area (Å²) in [4.78, 5) is 15.5. The van der Waals surface area contributed by atoms with Crippen molar-refractivity contribution in [1.82, 2.24) is 19.5 Å². The molecule has 4 nitrogen and oxygen atoms in total. The monoisotopic (exact) mass is 680 g/mol. The van der Waals surface area contributed by atoms with E-state index in [2.05, 4.69) is 156 Å². The van der Waals surface area contributed by atoms with Gasteiger partial charge in [0.1, 0.15) is 0 Å². The van der Waals surface area contributed by atoms with Crippen molar-refractivity contribution in [3.05, 3.63) is 170 Å². The molecular weight excluding hydrogens is 653 g/mol. The summed E-state index contributed by atoms with van der Waals surface area (Å²) in [5.41, 5.74) is 6.42. The van der Waals surface area contributed by atoms with Gasteiger partial charge in [0.25, 0.3) is 0 Å². The van der Waals surface area contributed by atoms with Crippen LogP contribution >= 0.6 is 11.3 Å². The number of hydrogen-bond acceptors (Lipinski definition) is 4. The number of hydrogen-bond donors (Lipinski definition) is 0. The summed E-state index contributed by atoms with van der Waals surface area (Å²) in [5.74, 6) is 1.97. The van der Waals surface area contributed by atoms with E-state index in [1.54, 1.807) is 11.3 Å². The molecule has 0 aliphatic rings. The molecule has 0 aliphatic carbocycles. The summed E-state index contributed by atoms with van der Waals surface area (Å²) in [7, 11) is 0. The fraction of sp³-hybridized carbons (Fsp3) is 0. The highest BCUT2D eigenvalue weighted by Gasteiger charge is 2.22. The number of nitrogens with zero attached hydrogens (tertiary/aromatic N) is 4. The van der Waals surface area contributed by atoms with Crippen LogP contribution in [0.2, 0.25) is 0 Å². The Bertz CT molecular complexity index is 3190. The molecule has 0 saturated heterocycles. The smallest absolute Gasteiger partial charge is 0.165 e. The van der Waals surface area contributed by atoms with Crippen LogP contribution < -0.4 is 0 Å². The standard InChI is InChI=1S/C47H28N4S/c1-2-13-30(14-3-1)45-48-46(34-23-22-29-12-4-5-15-31(29)26-34)50-47(49-45)37-24-25-40(43-36-19-9-11-21-42(36)52-44(37)43)51-39-20-10-8-18-35(39)38-27-32-16-6-7-17-33(32)28-41(38)51/h1-28H. The van der Waals surface area contributed by atoms with Crippen molar-refractivity contribution in [2.45, 2.75) is 0 Å². The summed E-state index contributed by atoms with van der Waals surface area (Å²) in [6.45, 7) is 0. The van der Waals surface area contributed by atoms with Gasteiger partial charge in [0, 0.05) is 47.6 Å². The van der Waals surface area contributed by atoms with E-state index >= 15 is 0 Å². The van der Waals surface area contributed by atoms with Gasteiger partial charge in [-0.2, -0.15) is 0 Å². The van der Waals surface area contributed by atoms with E-state index in [-0.39, 0.29) is 0 Å². The van der Waals surface area contributed by atoms with Crippen molar-refractivity contribution in [1.29, 1.82) is 0 Å². The Morgan fingerprint density at radius 3 is 1.87 bits per heavy atom. The fourth-order valence-electron chi connectivity index (χ4n) is 7.76. The third-order valence-electron chi connectivity index (χ3n) is 10.2. The molecule has 0 saturated carbocycles. The maximum absolute atomic E-state index is 5.23. The highest BCUT2D eigenvalue weighted by molar-refractivity contribution is 7.26. The zero-order valence-corrected chi connectivity index (χ0v) is 28.7. The van der Waals surface area contributed by atoms with Crippen molar-refractivity contribution in [3.63, 3.8) is 0 Å². The summed E-state index contributed by atoms with van der Waals surface area (Å²) >= 11 is 1.80. The number of aromatic nitrogens is 4. The molecule has 8 aromatic carbocycles. The minimum absolute atomic E-state index is 0.654. The van der Waals surface area contributed by atoms with E-state index in [4.69, 9.17) is 15.0 Å². The molecule has 52 heavy (non-hydrogen) atoms. The van der Waals surface area contributed by atoms with Gasteiger partial charge in [-0.1, -0.05) is 127 Å². The molecule has 0 bridgehead atoms. The number of benzene rings is 8. The molecule has 0 amide bonds. The molecule has 0 spiro atoms. The first kappa shape index (κ1) is 29.1. The van der Waals surface area contributed by atoms with Gasteiger partial charge in [-0.3, -0.25) is 0 Å². The number of para-hydroxylation sites is 1. The Morgan fingerprint density at radius 1 is 0.404 bits per heavy atom. The van der Waals surface area contributed by atoms with Crippen molar-refractivity contribution >= 4 is 74.9 Å². The van der Waals surface area contributed by atoms with Crippen LogP contribution in [0.3, 0.4) is 0 Å². The van der Waals surface area contributed by atoms with Crippen LogP contribution in [-0.4, -0.2) is 19.5 Å². The molecule has 5 heteroatoms. The van der Waals surface area contributed by atoms with Crippen LogP contribution in [0.4, 0.5) is 0 Å². The van der Waals surface area contributed by atoms with Crippen LogP contribution in [0.15, 0.2) is 170 Å². The Labute approximate surface area is 302 Å². The fourth-order valence-corrected chi connectivity index (χ4v) is 8.99. The Kier molecular flexibility index (Phi) is 6.39. The van der Waals surface area contributed by atoms with E-state index in [0.717, 1.165) is 32.5 Å². The molecule has 0 radical (unpaired) electrons. The highest BCUT2D eigenvalue weighted by Crippen LogP contribution is 2.45. The number of rotatable bonds is 4. The van der Waals surface area contributed by atoms with Gasteiger partial charge in [0.05, 0.1) is 16.7 Å². The predicted octanol–water partition coefficient (Wildman–Crippen LogP) is 12.6. The van der Waals surface area contributed by atoms with Crippen molar-refractivity contribution in [3.8, 4) is 39.9 Å². The van der Waals surface area contributed by atoms with Crippen LogP contribution in [0.5, 0.6) is 0 Å². The van der Waals surface area contributed by atoms with Crippen LogP contribution in [-0.2, 0) is 0 Å². The minimum atomic E-state index is 0.654. The summed E-state index contributed by atoms with van der Waals surface area (Å²) in [6.07, 6.45) is 0. The second-order valence-corrected chi connectivity index (χ2v) is 14.3. The van der Waals surface area contributed by atoms with Gasteiger partial charge in [0.2, 0.25) is 0 Å². The molecule has 0 fully saturated rings. The lowest BCUT2D eigenvalue weighted by atomic mass is 10.0. The SMILES string of the molecule is c1ccc(-c2nc(-c3ccc4ccccc4c3)nc(-c3ccc(-n4c5ccccc5c5cc6ccccc6cc54)c4c3sc3ccccc34)n2)cc1. The topological polar surface area (TPSA) is 43.6 Å². The van der Waals surface area contributed by atoms with E-state index in [1.165, 1.54) is 53.4 Å². The molecule has 3 heterocycles. The highest BCUT2D eigenvalue weighted by atomic mass is 32.1. The summed E-state index contributed by atoms with van der Waals surface area (Å²) in [5, 5.41) is 9.71. The van der Waals surface area contributed by atoms with Gasteiger partial charge < -0.3 is 4.57 Å². The molecule has 0 unspecified atom stereocenters. The Hall–Kier alpha value is -6.69. The second-order valence-electron chi connectivity index (χ2n) is 13.2. The lowest BCUT2D eigenvalue weighted by Gasteiger charge is -2.14. The second kappa shape index (κ2) is 11.4. The minimum Gasteiger partial charge on any atom is -0.309 e. The molecule has 242 valence electrons. The molecule has 0 aliphatic heterocycles. The van der Waals surface area contributed by atoms with E-state index in [0.29, 0.717) is 17.5 Å². The average molecular weight is 681 g/mol. The number of thiophene rings is 1. The third-order valence-corrected chi connectivity index (χ3v) is 11.4. The van der Waals surface area contributed by atoms with Gasteiger partial charge in [-0.15, -0.1) is 11.3 Å². The van der Waals surface area contributed by atoms with Crippen LogP contribution in [0.1, 0.15) is 0 Å². The molecule has 11 aromatic rings. The molecule has 3 aromatic heterocycles. The maximum Gasteiger partial charge on any atom is 0.165 e. The van der Waals surface area contributed by atoms with Gasteiger partial charge in [0.15, 0.2) is 17.5 Å². The molecule has 0 N–H and O–H groups in total. The van der Waals surface area contributed by atoms with E-state index < -0.39 is 0 Å². The Balaban J connectivity index is 1.21. The van der Waals surface area contributed by atoms with Gasteiger partial charge in [-0.05, 0) is 64.0 Å². The van der Waals surface area contributed by atoms with Crippen LogP contribution in [0.25, 0.3) is 103 Å². The predicted molar refractivity (Wildman–Crippen MR) is 218 cm³/mol. The Morgan fingerprint density at radius 2 is 1.04 bits per heavy atom. The van der Waals surface area contributed by atoms with Crippen molar-refractivity contribution < 1.29 is 0 Å². The largest absolute Gasteiger partial charge is 0.309 e. The van der Waals surface area contributed by atoms with Crippen LogP contribution in [0, 0.1) is 0 Å². The first-order valence-electron chi connectivity index (χ1n) is 17.4. The first-order valence-corrected chi connectivity index (χ1v) is 18.3. The average Bonchev–Trinajstić information content (AvgIpc) is 3.76. The van der Waals surface area contributed by atoms with Crippen molar-refractivity contribution in [2.24, 2.45) is 0 Å². The zero-order chi connectivity index (χ0) is 34.2. The molecule has 11 rings (SSSR count). The zero-order valence-electron chi connectivity index (χ0n) is 27.9. The third kappa shape index (κ3) is 4.50. The summed E-state index contributed by atoms with van der Waals surface area (Å²) < 4.78 is 4.83. The van der Waals surface area contributed by atoms with E-state index in [9.17, 15) is 0 Å². The normalized spacial score (nSPS) is 11.8. The quantitative estimate of drug-likeness (QED) is 0.186. The maximum atomic E-state index is 5.23. The molecule has 0 atom stereocenters. The van der Waals surface area contributed by atoms with E-state index in [1.807, 2.05) is 18.2 Å². The summed E-state index contributed by atoms with van der Waals surface area (Å²) in [6, 6.07) is 60.3. The van der Waals surface area contributed by atoms with Gasteiger partial charge >= 0.3 is 0 Å². The lowest BCUT2D eigenvalue weighted by Crippen LogP contribution is -2.01. The number of fused-ring (bicyclic) bond motifs is 8. The lowest BCUT2D eigenvalue weighted by molar-refractivity contribution is 1.08. The first-order chi connectivity index (χ1) is 25.8.